The van der Waals surface area contributed by atoms with Gasteiger partial charge in [-0.1, -0.05) is 62.5 Å². The molecule has 17 heavy (non-hydrogen) atoms. The number of hydrogen-bond acceptors (Lipinski definition) is 1. The normalized spacial score (nSPS) is 25.5. The molecule has 2 rings (SSSR count). The van der Waals surface area contributed by atoms with Crippen LogP contribution >= 0.6 is 0 Å². The summed E-state index contributed by atoms with van der Waals surface area (Å²) in [5, 5.41) is 1.57. The molecule has 1 heterocycles. The predicted molar refractivity (Wildman–Crippen MR) is 76.5 cm³/mol. The molecular weight excluding hydrogens is 224 g/mol. The first kappa shape index (κ1) is 12.8. The monoisotopic (exact) mass is 248 g/mol. The zero-order valence-corrected chi connectivity index (χ0v) is 12.4. The summed E-state index contributed by atoms with van der Waals surface area (Å²) >= 11 is 0. The van der Waals surface area contributed by atoms with Crippen LogP contribution in [0.2, 0.25) is 18.6 Å². The van der Waals surface area contributed by atoms with Crippen molar-refractivity contribution in [3.63, 3.8) is 0 Å². The van der Waals surface area contributed by atoms with Crippen molar-refractivity contribution in [3.05, 3.63) is 30.3 Å². The molecule has 2 heteroatoms. The molecule has 0 aromatic heterocycles. The van der Waals surface area contributed by atoms with E-state index >= 15 is 0 Å². The molecule has 0 radical (unpaired) electrons. The Balaban J connectivity index is 2.26. The lowest BCUT2D eigenvalue weighted by Crippen LogP contribution is -2.49. The average Bonchev–Trinajstić information content (AvgIpc) is 2.80. The molecule has 94 valence electrons. The summed E-state index contributed by atoms with van der Waals surface area (Å²) in [5.41, 5.74) is 0.768. The molecule has 1 aliphatic rings. The zero-order valence-electron chi connectivity index (χ0n) is 11.4. The van der Waals surface area contributed by atoms with E-state index in [0.717, 1.165) is 12.1 Å². The Bertz CT molecular complexity index is 358. The molecule has 1 saturated heterocycles. The van der Waals surface area contributed by atoms with Gasteiger partial charge < -0.3 is 4.74 Å². The molecule has 0 amide bonds. The molecule has 0 aliphatic carbocycles. The SMILES string of the molecule is CC(C)[C@H]1OCC[C@@H]1[Si](C)(C)c1ccccc1. The average molecular weight is 248 g/mol. The molecule has 0 bridgehead atoms. The first-order valence-corrected chi connectivity index (χ1v) is 9.78. The molecule has 0 unspecified atom stereocenters. The van der Waals surface area contributed by atoms with Gasteiger partial charge in [0.05, 0.1) is 14.2 Å². The van der Waals surface area contributed by atoms with Gasteiger partial charge in [-0.2, -0.15) is 0 Å². The van der Waals surface area contributed by atoms with Gasteiger partial charge in [0.25, 0.3) is 0 Å². The molecule has 0 N–H and O–H groups in total. The van der Waals surface area contributed by atoms with Crippen molar-refractivity contribution in [3.8, 4) is 0 Å². The van der Waals surface area contributed by atoms with Crippen molar-refractivity contribution in [2.24, 2.45) is 5.92 Å². The van der Waals surface area contributed by atoms with Crippen molar-refractivity contribution in [1.29, 1.82) is 0 Å². The Morgan fingerprint density at radius 2 is 1.82 bits per heavy atom. The minimum absolute atomic E-state index is 0.469. The maximum absolute atomic E-state index is 5.97. The van der Waals surface area contributed by atoms with E-state index in [2.05, 4.69) is 57.3 Å². The molecule has 1 aromatic rings. The van der Waals surface area contributed by atoms with E-state index < -0.39 is 8.07 Å². The maximum Gasteiger partial charge on any atom is 0.0863 e. The van der Waals surface area contributed by atoms with E-state index in [4.69, 9.17) is 4.74 Å². The van der Waals surface area contributed by atoms with Gasteiger partial charge in [0.1, 0.15) is 0 Å². The maximum atomic E-state index is 5.97. The van der Waals surface area contributed by atoms with Crippen LogP contribution < -0.4 is 5.19 Å². The van der Waals surface area contributed by atoms with Gasteiger partial charge in [-0.15, -0.1) is 0 Å². The fourth-order valence-corrected chi connectivity index (χ4v) is 6.74. The summed E-state index contributed by atoms with van der Waals surface area (Å²) in [6, 6.07) is 11.1. The topological polar surface area (TPSA) is 9.23 Å². The fourth-order valence-electron chi connectivity index (χ4n) is 3.12. The summed E-state index contributed by atoms with van der Waals surface area (Å²) in [7, 11) is -1.40. The molecule has 1 aliphatic heterocycles. The number of benzene rings is 1. The molecule has 0 spiro atoms. The van der Waals surface area contributed by atoms with Crippen molar-refractivity contribution in [2.45, 2.75) is 45.0 Å². The summed E-state index contributed by atoms with van der Waals surface area (Å²) < 4.78 is 5.97. The molecule has 2 atom stereocenters. The Kier molecular flexibility index (Phi) is 3.74. The van der Waals surface area contributed by atoms with Gasteiger partial charge in [0.15, 0.2) is 0 Å². The van der Waals surface area contributed by atoms with Crippen molar-refractivity contribution >= 4 is 13.3 Å². The van der Waals surface area contributed by atoms with E-state index in [0.29, 0.717) is 12.0 Å². The lowest BCUT2D eigenvalue weighted by molar-refractivity contribution is 0.0751. The van der Waals surface area contributed by atoms with Crippen LogP contribution in [0.1, 0.15) is 20.3 Å². The lowest BCUT2D eigenvalue weighted by Gasteiger charge is -2.35. The Morgan fingerprint density at radius 3 is 2.41 bits per heavy atom. The van der Waals surface area contributed by atoms with Crippen LogP contribution in [0.25, 0.3) is 0 Å². The van der Waals surface area contributed by atoms with Crippen LogP contribution in [0.4, 0.5) is 0 Å². The second-order valence-corrected chi connectivity index (χ2v) is 10.8. The van der Waals surface area contributed by atoms with Crippen molar-refractivity contribution in [1.82, 2.24) is 0 Å². The first-order valence-electron chi connectivity index (χ1n) is 6.70. The van der Waals surface area contributed by atoms with Gasteiger partial charge in [-0.25, -0.2) is 0 Å². The highest BCUT2D eigenvalue weighted by molar-refractivity contribution is 6.91. The van der Waals surface area contributed by atoms with E-state index in [-0.39, 0.29) is 0 Å². The molecule has 0 saturated carbocycles. The minimum atomic E-state index is -1.40. The molecule has 1 aromatic carbocycles. The summed E-state index contributed by atoms with van der Waals surface area (Å²) in [4.78, 5) is 0. The third kappa shape index (κ3) is 2.48. The van der Waals surface area contributed by atoms with Crippen molar-refractivity contribution in [2.75, 3.05) is 6.61 Å². The van der Waals surface area contributed by atoms with Crippen LogP contribution in [-0.2, 0) is 4.74 Å². The third-order valence-corrected chi connectivity index (χ3v) is 8.53. The predicted octanol–water partition coefficient (Wildman–Crippen LogP) is 3.42. The molecule has 1 nitrogen and oxygen atoms in total. The lowest BCUT2D eigenvalue weighted by atomic mass is 10.0. The number of ether oxygens (including phenoxy) is 1. The van der Waals surface area contributed by atoms with E-state index in [9.17, 15) is 0 Å². The van der Waals surface area contributed by atoms with Crippen LogP contribution in [0, 0.1) is 5.92 Å². The largest absolute Gasteiger partial charge is 0.378 e. The van der Waals surface area contributed by atoms with E-state index in [1.54, 1.807) is 5.19 Å². The highest BCUT2D eigenvalue weighted by Crippen LogP contribution is 2.39. The molecular formula is C15H24OSi. The fraction of sp³-hybridized carbons (Fsp3) is 0.600. The first-order chi connectivity index (χ1) is 8.03. The summed E-state index contributed by atoms with van der Waals surface area (Å²) in [6.07, 6.45) is 1.72. The van der Waals surface area contributed by atoms with Gasteiger partial charge in [0.2, 0.25) is 0 Å². The van der Waals surface area contributed by atoms with Crippen LogP contribution in [-0.4, -0.2) is 20.8 Å². The second kappa shape index (κ2) is 4.95. The smallest absolute Gasteiger partial charge is 0.0863 e. The van der Waals surface area contributed by atoms with E-state index in [1.165, 1.54) is 6.42 Å². The quantitative estimate of drug-likeness (QED) is 0.745. The van der Waals surface area contributed by atoms with Crippen LogP contribution in [0.5, 0.6) is 0 Å². The van der Waals surface area contributed by atoms with Crippen LogP contribution in [0.15, 0.2) is 30.3 Å². The van der Waals surface area contributed by atoms with Gasteiger partial charge in [-0.3, -0.25) is 0 Å². The van der Waals surface area contributed by atoms with Gasteiger partial charge >= 0.3 is 0 Å². The highest BCUT2D eigenvalue weighted by Gasteiger charge is 2.43. The third-order valence-electron chi connectivity index (χ3n) is 4.24. The van der Waals surface area contributed by atoms with Crippen LogP contribution in [0.3, 0.4) is 0 Å². The van der Waals surface area contributed by atoms with Gasteiger partial charge in [-0.05, 0) is 17.9 Å². The Hall–Kier alpha value is -0.603. The van der Waals surface area contributed by atoms with E-state index in [1.807, 2.05) is 0 Å². The standard InChI is InChI=1S/C15H24OSi/c1-12(2)15-14(10-11-16-15)17(3,4)13-8-6-5-7-9-13/h5-9,12,14-15H,10-11H2,1-4H3/t14-,15+/m0/s1. The summed E-state index contributed by atoms with van der Waals surface area (Å²) in [5.74, 6) is 0.637. The number of rotatable bonds is 3. The van der Waals surface area contributed by atoms with Crippen molar-refractivity contribution < 1.29 is 4.74 Å². The molecule has 1 fully saturated rings. The minimum Gasteiger partial charge on any atom is -0.378 e. The summed E-state index contributed by atoms with van der Waals surface area (Å²) in [6.45, 7) is 10.5. The Labute approximate surface area is 106 Å². The highest BCUT2D eigenvalue weighted by atomic mass is 28.3. The zero-order chi connectivity index (χ0) is 12.5. The second-order valence-electron chi connectivity index (χ2n) is 6.06. The number of hydrogen-bond donors (Lipinski definition) is 0. The van der Waals surface area contributed by atoms with Gasteiger partial charge in [0, 0.05) is 6.61 Å². The Morgan fingerprint density at radius 1 is 1.18 bits per heavy atom.